The molecule has 2 rings (SSSR count). The molecule has 0 bridgehead atoms. The van der Waals surface area contributed by atoms with E-state index in [0.29, 0.717) is 28.3 Å². The van der Waals surface area contributed by atoms with Crippen molar-refractivity contribution in [2.24, 2.45) is 0 Å². The molecule has 0 fully saturated rings. The Kier molecular flexibility index (Phi) is 5.95. The maximum atomic E-state index is 6.10. The highest BCUT2D eigenvalue weighted by Crippen LogP contribution is 2.30. The standard InChI is InChI=1S/C14H16Cl2N2OS/c1-2-6-17-13-11(15)9-12(16)14(18-13)19-7-5-10-4-3-8-20-10/h3-4,8-9H,2,5-7H2,1H3,(H,17,18). The summed E-state index contributed by atoms with van der Waals surface area (Å²) in [6.45, 7) is 3.43. The minimum Gasteiger partial charge on any atom is -0.476 e. The molecule has 1 N–H and O–H groups in total. The van der Waals surface area contributed by atoms with Gasteiger partial charge in [0.15, 0.2) is 0 Å². The number of anilines is 1. The van der Waals surface area contributed by atoms with Gasteiger partial charge in [-0.2, -0.15) is 4.98 Å². The van der Waals surface area contributed by atoms with E-state index in [1.54, 1.807) is 17.4 Å². The fourth-order valence-electron chi connectivity index (χ4n) is 1.62. The Morgan fingerprint density at radius 2 is 2.20 bits per heavy atom. The monoisotopic (exact) mass is 330 g/mol. The smallest absolute Gasteiger partial charge is 0.234 e. The summed E-state index contributed by atoms with van der Waals surface area (Å²) in [5, 5.41) is 6.15. The molecule has 0 saturated heterocycles. The summed E-state index contributed by atoms with van der Waals surface area (Å²) in [5.74, 6) is 1.04. The second-order valence-electron chi connectivity index (χ2n) is 4.21. The Bertz CT molecular complexity index is 546. The van der Waals surface area contributed by atoms with Crippen LogP contribution in [0.25, 0.3) is 0 Å². The lowest BCUT2D eigenvalue weighted by Gasteiger charge is -2.11. The van der Waals surface area contributed by atoms with E-state index >= 15 is 0 Å². The van der Waals surface area contributed by atoms with Gasteiger partial charge in [-0.05, 0) is 23.9 Å². The molecule has 0 unspecified atom stereocenters. The molecule has 20 heavy (non-hydrogen) atoms. The highest BCUT2D eigenvalue weighted by Gasteiger charge is 2.10. The number of hydrogen-bond acceptors (Lipinski definition) is 4. The van der Waals surface area contributed by atoms with Gasteiger partial charge in [-0.25, -0.2) is 0 Å². The summed E-state index contributed by atoms with van der Waals surface area (Å²) < 4.78 is 5.65. The van der Waals surface area contributed by atoms with Crippen molar-refractivity contribution < 1.29 is 4.74 Å². The Morgan fingerprint density at radius 3 is 2.90 bits per heavy atom. The molecule has 0 aliphatic rings. The van der Waals surface area contributed by atoms with Gasteiger partial charge in [0.05, 0.1) is 11.6 Å². The minimum atomic E-state index is 0.422. The van der Waals surface area contributed by atoms with Gasteiger partial charge in [0, 0.05) is 17.8 Å². The van der Waals surface area contributed by atoms with Gasteiger partial charge < -0.3 is 10.1 Å². The lowest BCUT2D eigenvalue weighted by Crippen LogP contribution is -2.06. The SMILES string of the molecule is CCCNc1nc(OCCc2cccs2)c(Cl)cc1Cl. The van der Waals surface area contributed by atoms with E-state index in [1.165, 1.54) is 4.88 Å². The van der Waals surface area contributed by atoms with E-state index < -0.39 is 0 Å². The number of aromatic nitrogens is 1. The molecule has 0 saturated carbocycles. The van der Waals surface area contributed by atoms with Crippen molar-refractivity contribution in [2.45, 2.75) is 19.8 Å². The van der Waals surface area contributed by atoms with Gasteiger partial charge in [-0.1, -0.05) is 36.2 Å². The molecule has 0 amide bonds. The van der Waals surface area contributed by atoms with Crippen LogP contribution in [-0.4, -0.2) is 18.1 Å². The number of thiophene rings is 1. The summed E-state index contributed by atoms with van der Waals surface area (Å²) in [6, 6.07) is 5.77. The first-order valence-electron chi connectivity index (χ1n) is 6.45. The summed E-state index contributed by atoms with van der Waals surface area (Å²) in [4.78, 5) is 5.61. The minimum absolute atomic E-state index is 0.422. The zero-order valence-electron chi connectivity index (χ0n) is 11.2. The lowest BCUT2D eigenvalue weighted by molar-refractivity contribution is 0.311. The number of rotatable bonds is 7. The second kappa shape index (κ2) is 7.72. The third kappa shape index (κ3) is 4.27. The molecule has 2 aromatic rings. The van der Waals surface area contributed by atoms with Crippen LogP contribution >= 0.6 is 34.5 Å². The van der Waals surface area contributed by atoms with Gasteiger partial charge in [-0.3, -0.25) is 0 Å². The van der Waals surface area contributed by atoms with E-state index in [-0.39, 0.29) is 0 Å². The Labute approximate surface area is 132 Å². The van der Waals surface area contributed by atoms with Crippen molar-refractivity contribution >= 4 is 40.4 Å². The van der Waals surface area contributed by atoms with E-state index in [4.69, 9.17) is 27.9 Å². The third-order valence-electron chi connectivity index (χ3n) is 2.61. The Hall–Kier alpha value is -0.970. The zero-order chi connectivity index (χ0) is 14.4. The first-order chi connectivity index (χ1) is 9.70. The summed E-state index contributed by atoms with van der Waals surface area (Å²) in [5.41, 5.74) is 0. The zero-order valence-corrected chi connectivity index (χ0v) is 13.5. The average Bonchev–Trinajstić information content (AvgIpc) is 2.93. The number of hydrogen-bond donors (Lipinski definition) is 1. The highest BCUT2D eigenvalue weighted by atomic mass is 35.5. The number of halogens is 2. The van der Waals surface area contributed by atoms with E-state index in [0.717, 1.165) is 19.4 Å². The van der Waals surface area contributed by atoms with Crippen molar-refractivity contribution in [1.29, 1.82) is 0 Å². The first kappa shape index (κ1) is 15.4. The molecule has 0 spiro atoms. The lowest BCUT2D eigenvalue weighted by atomic mass is 10.3. The predicted octanol–water partition coefficient (Wildman–Crippen LogP) is 4.89. The number of pyridine rings is 1. The predicted molar refractivity (Wildman–Crippen MR) is 86.6 cm³/mol. The van der Waals surface area contributed by atoms with Gasteiger partial charge in [-0.15, -0.1) is 11.3 Å². The van der Waals surface area contributed by atoms with E-state index in [1.807, 2.05) is 6.07 Å². The van der Waals surface area contributed by atoms with Crippen LogP contribution in [0.4, 0.5) is 5.82 Å². The molecule has 0 atom stereocenters. The topological polar surface area (TPSA) is 34.2 Å². The van der Waals surface area contributed by atoms with E-state index in [2.05, 4.69) is 28.7 Å². The second-order valence-corrected chi connectivity index (χ2v) is 6.06. The van der Waals surface area contributed by atoms with Crippen LogP contribution in [0.3, 0.4) is 0 Å². The van der Waals surface area contributed by atoms with Gasteiger partial charge in [0.25, 0.3) is 0 Å². The number of nitrogens with one attached hydrogen (secondary N) is 1. The molecular formula is C14H16Cl2N2OS. The Balaban J connectivity index is 1.99. The fourth-order valence-corrected chi connectivity index (χ4v) is 2.79. The summed E-state index contributed by atoms with van der Waals surface area (Å²) in [6.07, 6.45) is 1.84. The van der Waals surface area contributed by atoms with Crippen molar-refractivity contribution in [1.82, 2.24) is 4.98 Å². The first-order valence-corrected chi connectivity index (χ1v) is 8.09. The summed E-state index contributed by atoms with van der Waals surface area (Å²) in [7, 11) is 0. The summed E-state index contributed by atoms with van der Waals surface area (Å²) >= 11 is 13.9. The highest BCUT2D eigenvalue weighted by molar-refractivity contribution is 7.09. The van der Waals surface area contributed by atoms with Crippen molar-refractivity contribution in [3.05, 3.63) is 38.5 Å². The van der Waals surface area contributed by atoms with Crippen LogP contribution in [0.15, 0.2) is 23.6 Å². The molecule has 0 aliphatic heterocycles. The molecular weight excluding hydrogens is 315 g/mol. The van der Waals surface area contributed by atoms with Gasteiger partial charge in [0.1, 0.15) is 10.8 Å². The molecule has 0 radical (unpaired) electrons. The van der Waals surface area contributed by atoms with Crippen LogP contribution in [0.1, 0.15) is 18.2 Å². The molecule has 108 valence electrons. The molecule has 0 aromatic carbocycles. The van der Waals surface area contributed by atoms with Gasteiger partial charge in [0.2, 0.25) is 5.88 Å². The van der Waals surface area contributed by atoms with Crippen molar-refractivity contribution in [3.8, 4) is 5.88 Å². The van der Waals surface area contributed by atoms with Crippen LogP contribution < -0.4 is 10.1 Å². The van der Waals surface area contributed by atoms with Gasteiger partial charge >= 0.3 is 0 Å². The number of nitrogens with zero attached hydrogens (tertiary/aromatic N) is 1. The Morgan fingerprint density at radius 1 is 1.35 bits per heavy atom. The normalized spacial score (nSPS) is 10.6. The number of ether oxygens (including phenoxy) is 1. The van der Waals surface area contributed by atoms with Crippen LogP contribution in [0.2, 0.25) is 10.0 Å². The average molecular weight is 331 g/mol. The third-order valence-corrected chi connectivity index (χ3v) is 4.10. The van der Waals surface area contributed by atoms with E-state index in [9.17, 15) is 0 Å². The van der Waals surface area contributed by atoms with Crippen LogP contribution in [0.5, 0.6) is 5.88 Å². The molecule has 2 heterocycles. The maximum absolute atomic E-state index is 6.10. The van der Waals surface area contributed by atoms with Crippen LogP contribution in [0, 0.1) is 0 Å². The van der Waals surface area contributed by atoms with Crippen molar-refractivity contribution in [2.75, 3.05) is 18.5 Å². The van der Waals surface area contributed by atoms with Crippen LogP contribution in [-0.2, 0) is 6.42 Å². The quantitative estimate of drug-likeness (QED) is 0.784. The fraction of sp³-hybridized carbons (Fsp3) is 0.357. The molecule has 2 aromatic heterocycles. The molecule has 3 nitrogen and oxygen atoms in total. The van der Waals surface area contributed by atoms with Crippen molar-refractivity contribution in [3.63, 3.8) is 0 Å². The molecule has 6 heteroatoms. The molecule has 0 aliphatic carbocycles. The largest absolute Gasteiger partial charge is 0.476 e. The maximum Gasteiger partial charge on any atom is 0.234 e.